The molecule has 2 aromatic rings. The highest BCUT2D eigenvalue weighted by molar-refractivity contribution is 5.76. The van der Waals surface area contributed by atoms with Crippen molar-refractivity contribution in [3.63, 3.8) is 0 Å². The molecule has 1 aliphatic rings. The Kier molecular flexibility index (Phi) is 4.20. The first-order valence-corrected chi connectivity index (χ1v) is 7.16. The van der Waals surface area contributed by atoms with Crippen LogP contribution in [0.2, 0.25) is 0 Å². The summed E-state index contributed by atoms with van der Waals surface area (Å²) in [5.74, 6) is 0.830. The first-order chi connectivity index (χ1) is 10.3. The molecule has 0 bridgehead atoms. The van der Waals surface area contributed by atoms with Gasteiger partial charge in [0.05, 0.1) is 12.2 Å². The van der Waals surface area contributed by atoms with E-state index in [0.717, 1.165) is 24.4 Å². The van der Waals surface area contributed by atoms with Crippen LogP contribution in [0.25, 0.3) is 5.69 Å². The maximum absolute atomic E-state index is 11.5. The molecule has 7 nitrogen and oxygen atoms in total. The summed E-state index contributed by atoms with van der Waals surface area (Å²) >= 11 is 0. The number of hydrogen-bond donors (Lipinski definition) is 2. The second kappa shape index (κ2) is 6.45. The standard InChI is InChI=1S/C14H18N6O/c21-14(16-11-6-7-11)8-9-15-10-13-17-18-19-20(13)12-4-2-1-3-5-12/h1-5,11,15H,6-10H2,(H,16,21). The van der Waals surface area contributed by atoms with Gasteiger partial charge in [-0.25, -0.2) is 0 Å². The summed E-state index contributed by atoms with van der Waals surface area (Å²) in [5, 5.41) is 17.9. The van der Waals surface area contributed by atoms with Crippen LogP contribution in [0, 0.1) is 0 Å². The van der Waals surface area contributed by atoms with Crippen LogP contribution >= 0.6 is 0 Å². The Balaban J connectivity index is 1.47. The summed E-state index contributed by atoms with van der Waals surface area (Å²) in [5.41, 5.74) is 0.922. The molecule has 1 fully saturated rings. The molecule has 1 aliphatic carbocycles. The van der Waals surface area contributed by atoms with Gasteiger partial charge in [0, 0.05) is 19.0 Å². The third kappa shape index (κ3) is 3.85. The molecule has 0 aliphatic heterocycles. The predicted molar refractivity (Wildman–Crippen MR) is 76.6 cm³/mol. The highest BCUT2D eigenvalue weighted by Gasteiger charge is 2.22. The molecule has 21 heavy (non-hydrogen) atoms. The van der Waals surface area contributed by atoms with Crippen molar-refractivity contribution in [1.29, 1.82) is 0 Å². The van der Waals surface area contributed by atoms with Crippen LogP contribution in [0.3, 0.4) is 0 Å². The molecule has 1 saturated carbocycles. The topological polar surface area (TPSA) is 84.7 Å². The molecule has 1 aromatic carbocycles. The normalized spacial score (nSPS) is 14.1. The number of carbonyl (C=O) groups is 1. The lowest BCUT2D eigenvalue weighted by Crippen LogP contribution is -2.29. The van der Waals surface area contributed by atoms with E-state index in [-0.39, 0.29) is 5.91 Å². The molecule has 3 rings (SSSR count). The van der Waals surface area contributed by atoms with Crippen molar-refractivity contribution in [2.24, 2.45) is 0 Å². The molecule has 2 N–H and O–H groups in total. The Morgan fingerprint density at radius 2 is 2.10 bits per heavy atom. The molecule has 0 atom stereocenters. The molecule has 1 heterocycles. The second-order valence-electron chi connectivity index (χ2n) is 5.11. The van der Waals surface area contributed by atoms with Gasteiger partial charge in [-0.05, 0) is 35.4 Å². The number of amides is 1. The smallest absolute Gasteiger partial charge is 0.221 e. The first-order valence-electron chi connectivity index (χ1n) is 7.16. The predicted octanol–water partition coefficient (Wildman–Crippen LogP) is 0.421. The Labute approximate surface area is 122 Å². The van der Waals surface area contributed by atoms with E-state index in [2.05, 4.69) is 26.2 Å². The highest BCUT2D eigenvalue weighted by Crippen LogP contribution is 2.18. The lowest BCUT2D eigenvalue weighted by molar-refractivity contribution is -0.121. The van der Waals surface area contributed by atoms with Crippen molar-refractivity contribution in [3.05, 3.63) is 36.2 Å². The quantitative estimate of drug-likeness (QED) is 0.721. The number of carbonyl (C=O) groups excluding carboxylic acids is 1. The van der Waals surface area contributed by atoms with E-state index < -0.39 is 0 Å². The first kappa shape index (κ1) is 13.7. The van der Waals surface area contributed by atoms with Crippen LogP contribution in [0.15, 0.2) is 30.3 Å². The van der Waals surface area contributed by atoms with Gasteiger partial charge in [-0.2, -0.15) is 4.68 Å². The van der Waals surface area contributed by atoms with Gasteiger partial charge in [0.15, 0.2) is 5.82 Å². The maximum atomic E-state index is 11.5. The second-order valence-corrected chi connectivity index (χ2v) is 5.11. The van der Waals surface area contributed by atoms with Gasteiger partial charge in [0.2, 0.25) is 5.91 Å². The lowest BCUT2D eigenvalue weighted by atomic mass is 10.3. The Morgan fingerprint density at radius 1 is 1.29 bits per heavy atom. The van der Waals surface area contributed by atoms with Gasteiger partial charge >= 0.3 is 0 Å². The Morgan fingerprint density at radius 3 is 2.86 bits per heavy atom. The van der Waals surface area contributed by atoms with Crippen molar-refractivity contribution in [1.82, 2.24) is 30.8 Å². The fraction of sp³-hybridized carbons (Fsp3) is 0.429. The van der Waals surface area contributed by atoms with Crippen LogP contribution < -0.4 is 10.6 Å². The summed E-state index contributed by atoms with van der Waals surface area (Å²) in [6, 6.07) is 10.1. The Hall–Kier alpha value is -2.28. The number of nitrogens with one attached hydrogen (secondary N) is 2. The molecule has 110 valence electrons. The van der Waals surface area contributed by atoms with E-state index in [4.69, 9.17) is 0 Å². The van der Waals surface area contributed by atoms with Crippen LogP contribution in [0.1, 0.15) is 25.1 Å². The fourth-order valence-electron chi connectivity index (χ4n) is 2.02. The van der Waals surface area contributed by atoms with Gasteiger partial charge in [-0.15, -0.1) is 5.10 Å². The van der Waals surface area contributed by atoms with Crippen molar-refractivity contribution in [3.8, 4) is 5.69 Å². The summed E-state index contributed by atoms with van der Waals surface area (Å²) in [4.78, 5) is 11.5. The van der Waals surface area contributed by atoms with Gasteiger partial charge < -0.3 is 10.6 Å². The zero-order valence-electron chi connectivity index (χ0n) is 11.7. The van der Waals surface area contributed by atoms with E-state index >= 15 is 0 Å². The molecule has 1 amide bonds. The average molecular weight is 286 g/mol. The number of hydrogen-bond acceptors (Lipinski definition) is 5. The van der Waals surface area contributed by atoms with E-state index in [1.807, 2.05) is 30.3 Å². The zero-order chi connectivity index (χ0) is 14.5. The van der Waals surface area contributed by atoms with Gasteiger partial charge in [0.25, 0.3) is 0 Å². The van der Waals surface area contributed by atoms with Crippen molar-refractivity contribution in [2.75, 3.05) is 6.54 Å². The number of aromatic nitrogens is 4. The van der Waals surface area contributed by atoms with E-state index in [1.165, 1.54) is 0 Å². The molecule has 0 spiro atoms. The molecular weight excluding hydrogens is 268 g/mol. The van der Waals surface area contributed by atoms with Crippen molar-refractivity contribution in [2.45, 2.75) is 31.8 Å². The molecular formula is C14H18N6O. The third-order valence-corrected chi connectivity index (χ3v) is 3.29. The van der Waals surface area contributed by atoms with E-state index in [1.54, 1.807) is 4.68 Å². The van der Waals surface area contributed by atoms with E-state index in [0.29, 0.717) is 25.6 Å². The molecule has 0 saturated heterocycles. The monoisotopic (exact) mass is 286 g/mol. The minimum atomic E-state index is 0.104. The minimum absolute atomic E-state index is 0.104. The molecule has 0 radical (unpaired) electrons. The maximum Gasteiger partial charge on any atom is 0.221 e. The van der Waals surface area contributed by atoms with Crippen LogP contribution in [-0.2, 0) is 11.3 Å². The molecule has 1 aromatic heterocycles. The summed E-state index contributed by atoms with van der Waals surface area (Å²) in [7, 11) is 0. The number of rotatable bonds is 7. The number of tetrazole rings is 1. The van der Waals surface area contributed by atoms with E-state index in [9.17, 15) is 4.79 Å². The van der Waals surface area contributed by atoms with Crippen LogP contribution in [0.4, 0.5) is 0 Å². The van der Waals surface area contributed by atoms with Gasteiger partial charge in [-0.3, -0.25) is 4.79 Å². The summed E-state index contributed by atoms with van der Waals surface area (Å²) in [6.07, 6.45) is 2.71. The van der Waals surface area contributed by atoms with Crippen molar-refractivity contribution >= 4 is 5.91 Å². The SMILES string of the molecule is O=C(CCNCc1nnnn1-c1ccccc1)NC1CC1. The molecule has 0 unspecified atom stereocenters. The summed E-state index contributed by atoms with van der Waals surface area (Å²) in [6.45, 7) is 1.14. The third-order valence-electron chi connectivity index (χ3n) is 3.29. The summed E-state index contributed by atoms with van der Waals surface area (Å²) < 4.78 is 1.69. The molecule has 7 heteroatoms. The van der Waals surface area contributed by atoms with Crippen molar-refractivity contribution < 1.29 is 4.79 Å². The average Bonchev–Trinajstić information content (AvgIpc) is 3.19. The van der Waals surface area contributed by atoms with Gasteiger partial charge in [-0.1, -0.05) is 18.2 Å². The Bertz CT molecular complexity index is 593. The lowest BCUT2D eigenvalue weighted by Gasteiger charge is -2.06. The number of benzene rings is 1. The largest absolute Gasteiger partial charge is 0.353 e. The highest BCUT2D eigenvalue weighted by atomic mass is 16.1. The number of nitrogens with zero attached hydrogens (tertiary/aromatic N) is 4. The minimum Gasteiger partial charge on any atom is -0.353 e. The zero-order valence-corrected chi connectivity index (χ0v) is 11.7. The van der Waals surface area contributed by atoms with Gasteiger partial charge in [0.1, 0.15) is 0 Å². The fourth-order valence-corrected chi connectivity index (χ4v) is 2.02. The van der Waals surface area contributed by atoms with Crippen LogP contribution in [0.5, 0.6) is 0 Å². The number of para-hydroxylation sites is 1. The van der Waals surface area contributed by atoms with Crippen LogP contribution in [-0.4, -0.2) is 38.7 Å².